The zero-order valence-electron chi connectivity index (χ0n) is 12.8. The van der Waals surface area contributed by atoms with Crippen molar-refractivity contribution in [1.82, 2.24) is 10.2 Å². The van der Waals surface area contributed by atoms with Crippen LogP contribution in [0.5, 0.6) is 0 Å². The Kier molecular flexibility index (Phi) is 4.68. The van der Waals surface area contributed by atoms with Crippen LogP contribution >= 0.6 is 0 Å². The molecule has 2 aliphatic heterocycles. The average Bonchev–Trinajstić information content (AvgIpc) is 2.43. The summed E-state index contributed by atoms with van der Waals surface area (Å²) in [5, 5.41) is 2.87. The highest BCUT2D eigenvalue weighted by Gasteiger charge is 2.46. The molecule has 2 fully saturated rings. The van der Waals surface area contributed by atoms with Gasteiger partial charge in [-0.2, -0.15) is 0 Å². The highest BCUT2D eigenvalue weighted by atomic mass is 16.5. The molecule has 2 aliphatic rings. The Balaban J connectivity index is 2.11. The lowest BCUT2D eigenvalue weighted by atomic mass is 9.90. The minimum absolute atomic E-state index is 0.0393. The van der Waals surface area contributed by atoms with Gasteiger partial charge < -0.3 is 15.0 Å². The van der Waals surface area contributed by atoms with E-state index >= 15 is 0 Å². The van der Waals surface area contributed by atoms with Crippen molar-refractivity contribution in [1.29, 1.82) is 0 Å². The Morgan fingerprint density at radius 2 is 1.95 bits per heavy atom. The number of carbonyl (C=O) groups is 2. The number of amides is 2. The molecule has 5 nitrogen and oxygen atoms in total. The largest absolute Gasteiger partial charge is 0.381 e. The molecule has 0 aromatic rings. The summed E-state index contributed by atoms with van der Waals surface area (Å²) in [7, 11) is 0. The predicted octanol–water partition coefficient (Wildman–Crippen LogP) is 1.32. The van der Waals surface area contributed by atoms with Crippen LogP contribution < -0.4 is 5.32 Å². The fraction of sp³-hybridized carbons (Fsp3) is 0.867. The van der Waals surface area contributed by atoms with Gasteiger partial charge in [-0.15, -0.1) is 0 Å². The molecule has 1 N–H and O–H groups in total. The van der Waals surface area contributed by atoms with Crippen LogP contribution in [-0.2, 0) is 14.3 Å². The molecule has 0 aromatic carbocycles. The lowest BCUT2D eigenvalue weighted by molar-refractivity contribution is -0.156. The molecule has 1 atom stereocenters. The summed E-state index contributed by atoms with van der Waals surface area (Å²) in [6.07, 6.45) is 3.55. The number of piperazine rings is 1. The van der Waals surface area contributed by atoms with Crippen molar-refractivity contribution >= 4 is 11.8 Å². The first kappa shape index (κ1) is 15.3. The Morgan fingerprint density at radius 3 is 2.55 bits per heavy atom. The molecule has 2 saturated heterocycles. The molecule has 0 radical (unpaired) electrons. The van der Waals surface area contributed by atoms with Crippen LogP contribution in [0.25, 0.3) is 0 Å². The average molecular weight is 282 g/mol. The van der Waals surface area contributed by atoms with E-state index in [9.17, 15) is 9.59 Å². The van der Waals surface area contributed by atoms with Crippen LogP contribution in [0.1, 0.15) is 46.5 Å². The van der Waals surface area contributed by atoms with Crippen molar-refractivity contribution in [2.75, 3.05) is 19.8 Å². The number of rotatable bonds is 4. The third-order valence-electron chi connectivity index (χ3n) is 4.46. The summed E-state index contributed by atoms with van der Waals surface area (Å²) in [5.41, 5.74) is -0.750. The van der Waals surface area contributed by atoms with E-state index in [0.29, 0.717) is 18.9 Å². The first-order valence-electron chi connectivity index (χ1n) is 7.67. The summed E-state index contributed by atoms with van der Waals surface area (Å²) >= 11 is 0. The molecule has 5 heteroatoms. The number of hydrogen-bond acceptors (Lipinski definition) is 3. The normalized spacial score (nSPS) is 27.6. The number of nitrogens with one attached hydrogen (secondary N) is 1. The van der Waals surface area contributed by atoms with Crippen LogP contribution in [0.3, 0.4) is 0 Å². The Hall–Kier alpha value is -1.10. The minimum atomic E-state index is -0.750. The lowest BCUT2D eigenvalue weighted by Crippen LogP contribution is -2.69. The van der Waals surface area contributed by atoms with Gasteiger partial charge in [-0.1, -0.05) is 13.3 Å². The molecule has 0 aromatic heterocycles. The maximum atomic E-state index is 12.6. The van der Waals surface area contributed by atoms with Crippen LogP contribution in [-0.4, -0.2) is 48.1 Å². The van der Waals surface area contributed by atoms with Crippen molar-refractivity contribution in [2.45, 2.75) is 58.0 Å². The molecule has 114 valence electrons. The third-order valence-corrected chi connectivity index (χ3v) is 4.46. The van der Waals surface area contributed by atoms with E-state index in [2.05, 4.69) is 5.32 Å². The SMILES string of the molecule is CCCC1NC(=O)C(C)(C)N(CC2CCOCC2)C1=O. The summed E-state index contributed by atoms with van der Waals surface area (Å²) in [5.74, 6) is 0.478. The number of hydrogen-bond donors (Lipinski definition) is 1. The van der Waals surface area contributed by atoms with Crippen molar-refractivity contribution in [2.24, 2.45) is 5.92 Å². The zero-order chi connectivity index (χ0) is 14.8. The van der Waals surface area contributed by atoms with E-state index in [0.717, 1.165) is 32.5 Å². The molecule has 1 unspecified atom stereocenters. The molecule has 2 rings (SSSR count). The Labute approximate surface area is 121 Å². The fourth-order valence-corrected chi connectivity index (χ4v) is 2.97. The van der Waals surface area contributed by atoms with Gasteiger partial charge in [-0.05, 0) is 39.0 Å². The van der Waals surface area contributed by atoms with E-state index in [-0.39, 0.29) is 17.9 Å². The van der Waals surface area contributed by atoms with Gasteiger partial charge in [0, 0.05) is 19.8 Å². The Bertz CT molecular complexity index is 375. The molecular weight excluding hydrogens is 256 g/mol. The number of nitrogens with zero attached hydrogens (tertiary/aromatic N) is 1. The van der Waals surface area contributed by atoms with Gasteiger partial charge in [0.15, 0.2) is 0 Å². The summed E-state index contributed by atoms with van der Waals surface area (Å²) in [6.45, 7) is 7.89. The van der Waals surface area contributed by atoms with Crippen LogP contribution in [0.2, 0.25) is 0 Å². The maximum absolute atomic E-state index is 12.6. The molecule has 2 heterocycles. The summed E-state index contributed by atoms with van der Waals surface area (Å²) < 4.78 is 5.37. The lowest BCUT2D eigenvalue weighted by Gasteiger charge is -2.46. The zero-order valence-corrected chi connectivity index (χ0v) is 12.8. The van der Waals surface area contributed by atoms with Crippen LogP contribution in [0, 0.1) is 5.92 Å². The van der Waals surface area contributed by atoms with Gasteiger partial charge in [-0.3, -0.25) is 9.59 Å². The first-order valence-corrected chi connectivity index (χ1v) is 7.67. The topological polar surface area (TPSA) is 58.6 Å². The van der Waals surface area contributed by atoms with Crippen molar-refractivity contribution in [3.05, 3.63) is 0 Å². The van der Waals surface area contributed by atoms with Gasteiger partial charge in [0.25, 0.3) is 0 Å². The minimum Gasteiger partial charge on any atom is -0.381 e. The standard InChI is InChI=1S/C15H26N2O3/c1-4-5-12-13(18)17(15(2,3)14(19)16-12)10-11-6-8-20-9-7-11/h11-12H,4-10H2,1-3H3,(H,16,19). The van der Waals surface area contributed by atoms with Gasteiger partial charge in [0.2, 0.25) is 11.8 Å². The van der Waals surface area contributed by atoms with Crippen molar-refractivity contribution in [3.63, 3.8) is 0 Å². The molecule has 0 bridgehead atoms. The first-order chi connectivity index (χ1) is 9.46. The number of ether oxygens (including phenoxy) is 1. The molecule has 2 amide bonds. The van der Waals surface area contributed by atoms with Crippen molar-refractivity contribution < 1.29 is 14.3 Å². The summed E-state index contributed by atoms with van der Waals surface area (Å²) in [6, 6.07) is -0.347. The van der Waals surface area contributed by atoms with Crippen molar-refractivity contribution in [3.8, 4) is 0 Å². The van der Waals surface area contributed by atoms with Crippen LogP contribution in [0.15, 0.2) is 0 Å². The monoisotopic (exact) mass is 282 g/mol. The molecule has 0 aliphatic carbocycles. The quantitative estimate of drug-likeness (QED) is 0.846. The Morgan fingerprint density at radius 1 is 1.30 bits per heavy atom. The maximum Gasteiger partial charge on any atom is 0.246 e. The van der Waals surface area contributed by atoms with E-state index in [4.69, 9.17) is 4.74 Å². The third kappa shape index (κ3) is 2.97. The second-order valence-corrected chi connectivity index (χ2v) is 6.38. The predicted molar refractivity (Wildman–Crippen MR) is 76.2 cm³/mol. The fourth-order valence-electron chi connectivity index (χ4n) is 2.97. The van der Waals surface area contributed by atoms with E-state index in [1.807, 2.05) is 20.8 Å². The van der Waals surface area contributed by atoms with E-state index in [1.54, 1.807) is 4.90 Å². The molecule has 0 saturated carbocycles. The van der Waals surface area contributed by atoms with Gasteiger partial charge in [-0.25, -0.2) is 0 Å². The molecule has 0 spiro atoms. The van der Waals surface area contributed by atoms with Gasteiger partial charge in [0.1, 0.15) is 11.6 Å². The second-order valence-electron chi connectivity index (χ2n) is 6.38. The van der Waals surface area contributed by atoms with Gasteiger partial charge in [0.05, 0.1) is 0 Å². The smallest absolute Gasteiger partial charge is 0.246 e. The number of carbonyl (C=O) groups excluding carboxylic acids is 2. The summed E-state index contributed by atoms with van der Waals surface area (Å²) in [4.78, 5) is 26.7. The molecular formula is C15H26N2O3. The van der Waals surface area contributed by atoms with Crippen LogP contribution in [0.4, 0.5) is 0 Å². The van der Waals surface area contributed by atoms with E-state index in [1.165, 1.54) is 0 Å². The molecule has 20 heavy (non-hydrogen) atoms. The highest BCUT2D eigenvalue weighted by Crippen LogP contribution is 2.26. The second kappa shape index (κ2) is 6.12. The van der Waals surface area contributed by atoms with E-state index < -0.39 is 5.54 Å². The highest BCUT2D eigenvalue weighted by molar-refractivity contribution is 5.99. The van der Waals surface area contributed by atoms with Gasteiger partial charge >= 0.3 is 0 Å².